The van der Waals surface area contributed by atoms with Gasteiger partial charge in [-0.1, -0.05) is 19.1 Å². The van der Waals surface area contributed by atoms with E-state index in [2.05, 4.69) is 10.1 Å². The maximum Gasteiger partial charge on any atom is 0.209 e. The third kappa shape index (κ3) is 4.04. The second-order valence-electron chi connectivity index (χ2n) is 7.12. The highest BCUT2D eigenvalue weighted by molar-refractivity contribution is 7.91. The SMILES string of the molecule is CCCn1cc(S(=O)(=O)c2ccc(CCC(=O)c3ccc4nccn4c3)cc2)cn1. The molecule has 0 saturated carbocycles. The van der Waals surface area contributed by atoms with Crippen LogP contribution in [0, 0.1) is 0 Å². The summed E-state index contributed by atoms with van der Waals surface area (Å²) in [5, 5.41) is 4.10. The lowest BCUT2D eigenvalue weighted by Crippen LogP contribution is -2.04. The molecule has 0 amide bonds. The van der Waals surface area contributed by atoms with Gasteiger partial charge in [-0.2, -0.15) is 5.10 Å². The fraction of sp³-hybridized carbons (Fsp3) is 0.227. The third-order valence-electron chi connectivity index (χ3n) is 4.96. The molecule has 3 heterocycles. The van der Waals surface area contributed by atoms with Gasteiger partial charge in [0.15, 0.2) is 5.78 Å². The molecule has 0 spiro atoms. The highest BCUT2D eigenvalue weighted by Gasteiger charge is 2.19. The Labute approximate surface area is 174 Å². The Morgan fingerprint density at radius 1 is 1.03 bits per heavy atom. The number of aryl methyl sites for hydroxylation is 2. The molecule has 1 aromatic carbocycles. The minimum Gasteiger partial charge on any atom is -0.306 e. The monoisotopic (exact) mass is 422 g/mol. The van der Waals surface area contributed by atoms with Crippen LogP contribution in [0.15, 0.2) is 77.2 Å². The molecule has 0 N–H and O–H groups in total. The van der Waals surface area contributed by atoms with Crippen molar-refractivity contribution in [3.8, 4) is 0 Å². The molecule has 0 bridgehead atoms. The average Bonchev–Trinajstić information content (AvgIpc) is 3.42. The van der Waals surface area contributed by atoms with Crippen LogP contribution >= 0.6 is 0 Å². The predicted octanol–water partition coefficient (Wildman–Crippen LogP) is 3.59. The molecule has 8 heteroatoms. The molecule has 0 unspecified atom stereocenters. The fourth-order valence-corrected chi connectivity index (χ4v) is 4.51. The zero-order valence-electron chi connectivity index (χ0n) is 16.6. The van der Waals surface area contributed by atoms with Crippen molar-refractivity contribution in [2.45, 2.75) is 42.5 Å². The van der Waals surface area contributed by atoms with Crippen LogP contribution in [0.4, 0.5) is 0 Å². The van der Waals surface area contributed by atoms with E-state index in [1.807, 2.05) is 17.4 Å². The van der Waals surface area contributed by atoms with Crippen molar-refractivity contribution in [2.75, 3.05) is 0 Å². The zero-order chi connectivity index (χ0) is 21.1. The Morgan fingerprint density at radius 2 is 1.83 bits per heavy atom. The summed E-state index contributed by atoms with van der Waals surface area (Å²) in [6.07, 6.45) is 9.97. The summed E-state index contributed by atoms with van der Waals surface area (Å²) in [6.45, 7) is 2.69. The minimum atomic E-state index is -3.60. The molecule has 0 atom stereocenters. The number of imidazole rings is 1. The molecule has 0 fully saturated rings. The molecule has 4 rings (SSSR count). The summed E-state index contributed by atoms with van der Waals surface area (Å²) in [6, 6.07) is 10.3. The first kappa shape index (κ1) is 20.0. The van der Waals surface area contributed by atoms with Crippen molar-refractivity contribution >= 4 is 21.3 Å². The number of pyridine rings is 1. The van der Waals surface area contributed by atoms with E-state index in [4.69, 9.17) is 0 Å². The van der Waals surface area contributed by atoms with Crippen LogP contribution in [-0.2, 0) is 22.8 Å². The number of ketones is 1. The van der Waals surface area contributed by atoms with Gasteiger partial charge in [0.05, 0.1) is 11.1 Å². The van der Waals surface area contributed by atoms with Crippen molar-refractivity contribution in [1.82, 2.24) is 19.2 Å². The van der Waals surface area contributed by atoms with Gasteiger partial charge in [-0.15, -0.1) is 0 Å². The summed E-state index contributed by atoms with van der Waals surface area (Å²) in [7, 11) is -3.60. The van der Waals surface area contributed by atoms with Crippen molar-refractivity contribution in [2.24, 2.45) is 0 Å². The van der Waals surface area contributed by atoms with Gasteiger partial charge in [-0.05, 0) is 42.7 Å². The van der Waals surface area contributed by atoms with E-state index in [1.54, 1.807) is 59.8 Å². The van der Waals surface area contributed by atoms with Gasteiger partial charge in [0.1, 0.15) is 10.5 Å². The van der Waals surface area contributed by atoms with Gasteiger partial charge in [0.25, 0.3) is 0 Å². The maximum atomic E-state index is 12.8. The highest BCUT2D eigenvalue weighted by atomic mass is 32.2. The molecule has 0 saturated heterocycles. The number of fused-ring (bicyclic) bond motifs is 1. The summed E-state index contributed by atoms with van der Waals surface area (Å²) < 4.78 is 29.0. The molecular formula is C22H22N4O3S. The van der Waals surface area contributed by atoms with E-state index in [-0.39, 0.29) is 15.6 Å². The van der Waals surface area contributed by atoms with Crippen molar-refractivity contribution < 1.29 is 13.2 Å². The topological polar surface area (TPSA) is 86.3 Å². The first-order valence-corrected chi connectivity index (χ1v) is 11.3. The van der Waals surface area contributed by atoms with Gasteiger partial charge in [-0.25, -0.2) is 13.4 Å². The van der Waals surface area contributed by atoms with Gasteiger partial charge < -0.3 is 4.40 Å². The number of sulfone groups is 1. The minimum absolute atomic E-state index is 0.0330. The Bertz CT molecular complexity index is 1290. The van der Waals surface area contributed by atoms with Crippen LogP contribution in [-0.4, -0.2) is 33.4 Å². The van der Waals surface area contributed by atoms with E-state index < -0.39 is 9.84 Å². The van der Waals surface area contributed by atoms with Crippen LogP contribution in [0.5, 0.6) is 0 Å². The second kappa shape index (κ2) is 8.23. The smallest absolute Gasteiger partial charge is 0.209 e. The number of carbonyl (C=O) groups excluding carboxylic acids is 1. The van der Waals surface area contributed by atoms with E-state index >= 15 is 0 Å². The number of aromatic nitrogens is 4. The molecule has 30 heavy (non-hydrogen) atoms. The van der Waals surface area contributed by atoms with E-state index in [1.165, 1.54) is 6.20 Å². The quantitative estimate of drug-likeness (QED) is 0.405. The Kier molecular flexibility index (Phi) is 5.50. The van der Waals surface area contributed by atoms with Crippen LogP contribution in [0.2, 0.25) is 0 Å². The second-order valence-corrected chi connectivity index (χ2v) is 9.07. The predicted molar refractivity (Wildman–Crippen MR) is 112 cm³/mol. The number of hydrogen-bond donors (Lipinski definition) is 0. The van der Waals surface area contributed by atoms with Crippen molar-refractivity contribution in [3.05, 3.63) is 78.5 Å². The third-order valence-corrected chi connectivity index (χ3v) is 6.68. The van der Waals surface area contributed by atoms with Crippen molar-refractivity contribution in [3.63, 3.8) is 0 Å². The lowest BCUT2D eigenvalue weighted by molar-refractivity contribution is 0.0982. The Hall–Kier alpha value is -3.26. The van der Waals surface area contributed by atoms with Crippen LogP contribution in [0.25, 0.3) is 5.65 Å². The summed E-state index contributed by atoms with van der Waals surface area (Å²) >= 11 is 0. The largest absolute Gasteiger partial charge is 0.306 e. The average molecular weight is 423 g/mol. The molecule has 0 aliphatic heterocycles. The van der Waals surface area contributed by atoms with Gasteiger partial charge in [-0.3, -0.25) is 9.48 Å². The lowest BCUT2D eigenvalue weighted by Gasteiger charge is -2.05. The van der Waals surface area contributed by atoms with Gasteiger partial charge >= 0.3 is 0 Å². The summed E-state index contributed by atoms with van der Waals surface area (Å²) in [5.41, 5.74) is 2.33. The van der Waals surface area contributed by atoms with Crippen LogP contribution in [0.1, 0.15) is 35.7 Å². The summed E-state index contributed by atoms with van der Waals surface area (Å²) in [5.74, 6) is 0.0330. The zero-order valence-corrected chi connectivity index (χ0v) is 17.4. The molecule has 154 valence electrons. The number of Topliss-reactive ketones (excluding diaryl/α,β-unsaturated/α-hetero) is 1. The molecule has 0 radical (unpaired) electrons. The first-order chi connectivity index (χ1) is 14.5. The van der Waals surface area contributed by atoms with Crippen LogP contribution in [0.3, 0.4) is 0 Å². The highest BCUT2D eigenvalue weighted by Crippen LogP contribution is 2.21. The Balaban J connectivity index is 1.43. The van der Waals surface area contributed by atoms with Crippen molar-refractivity contribution in [1.29, 1.82) is 0 Å². The van der Waals surface area contributed by atoms with Crippen LogP contribution < -0.4 is 0 Å². The van der Waals surface area contributed by atoms with E-state index in [9.17, 15) is 13.2 Å². The lowest BCUT2D eigenvalue weighted by atomic mass is 10.0. The summed E-state index contributed by atoms with van der Waals surface area (Å²) in [4.78, 5) is 17.1. The molecule has 0 aliphatic rings. The molecular weight excluding hydrogens is 400 g/mol. The van der Waals surface area contributed by atoms with E-state index in [0.29, 0.717) is 24.9 Å². The maximum absolute atomic E-state index is 12.8. The number of carbonyl (C=O) groups is 1. The number of hydrogen-bond acceptors (Lipinski definition) is 5. The van der Waals surface area contributed by atoms with Gasteiger partial charge in [0.2, 0.25) is 9.84 Å². The number of benzene rings is 1. The molecule has 0 aliphatic carbocycles. The standard InChI is InChI=1S/C22H22N4O3S/c1-2-12-26-16-20(14-24-26)30(28,29)19-7-3-17(4-8-19)5-9-21(27)18-6-10-22-23-11-13-25(22)15-18/h3-4,6-8,10-11,13-16H,2,5,9,12H2,1H3. The molecule has 4 aromatic rings. The Morgan fingerprint density at radius 3 is 2.60 bits per heavy atom. The fourth-order valence-electron chi connectivity index (χ4n) is 3.29. The first-order valence-electron chi connectivity index (χ1n) is 9.80. The number of rotatable bonds is 8. The molecule has 7 nitrogen and oxygen atoms in total. The van der Waals surface area contributed by atoms with E-state index in [0.717, 1.165) is 17.6 Å². The normalized spacial score (nSPS) is 11.8. The molecule has 3 aromatic heterocycles. The van der Waals surface area contributed by atoms with Gasteiger partial charge in [0, 0.05) is 43.3 Å². The number of nitrogens with zero attached hydrogens (tertiary/aromatic N) is 4.